The van der Waals surface area contributed by atoms with E-state index in [0.717, 1.165) is 10.8 Å². The van der Waals surface area contributed by atoms with Crippen molar-refractivity contribution in [2.75, 3.05) is 0 Å². The normalized spacial score (nSPS) is 11.8. The first-order valence-corrected chi connectivity index (χ1v) is 18.7. The summed E-state index contributed by atoms with van der Waals surface area (Å²) in [6, 6.07) is 13.4. The van der Waals surface area contributed by atoms with Crippen molar-refractivity contribution < 1.29 is 4.42 Å². The Morgan fingerprint density at radius 3 is 1.05 bits per heavy atom. The summed E-state index contributed by atoms with van der Waals surface area (Å²) in [5, 5.41) is 3.28. The van der Waals surface area contributed by atoms with E-state index >= 15 is 0 Å². The third-order valence-electron chi connectivity index (χ3n) is 12.2. The van der Waals surface area contributed by atoms with Crippen LogP contribution in [0.15, 0.2) is 46.9 Å². The van der Waals surface area contributed by atoms with Gasteiger partial charge in [0.1, 0.15) is 160 Å². The topological polar surface area (TPSA) is 13.1 Å². The molecule has 0 atom stereocenters. The molecule has 0 saturated carbocycles. The van der Waals surface area contributed by atoms with Gasteiger partial charge < -0.3 is 4.42 Å². The lowest BCUT2D eigenvalue weighted by Crippen LogP contribution is -2.51. The molecule has 0 fully saturated rings. The smallest absolute Gasteiger partial charge is 0.128 e. The average molecular weight is 733 g/mol. The van der Waals surface area contributed by atoms with Gasteiger partial charge in [0.15, 0.2) is 0 Å². The fourth-order valence-corrected chi connectivity index (χ4v) is 8.95. The molecule has 238 valence electrons. The van der Waals surface area contributed by atoms with Gasteiger partial charge in [-0.1, -0.05) is 108 Å². The van der Waals surface area contributed by atoms with Crippen molar-refractivity contribution in [3.63, 3.8) is 0 Å². The number of rotatable bonds is 3. The molecule has 0 spiro atoms. The van der Waals surface area contributed by atoms with Crippen LogP contribution in [0, 0.1) is 0 Å². The molecular weight excluding hydrogens is 726 g/mol. The second-order valence-electron chi connectivity index (χ2n) is 15.3. The third-order valence-corrected chi connectivity index (χ3v) is 12.2. The van der Waals surface area contributed by atoms with Crippen molar-refractivity contribution in [3.8, 4) is 33.4 Å². The molecule has 1 heterocycles. The highest BCUT2D eigenvalue weighted by Crippen LogP contribution is 2.42. The van der Waals surface area contributed by atoms with E-state index in [9.17, 15) is 0 Å². The zero-order valence-electron chi connectivity index (χ0n) is 32.9. The molecule has 0 unspecified atom stereocenters. The van der Waals surface area contributed by atoms with Gasteiger partial charge in [-0.3, -0.25) is 0 Å². The van der Waals surface area contributed by atoms with Gasteiger partial charge in [0, 0.05) is 10.8 Å². The fourth-order valence-electron chi connectivity index (χ4n) is 8.95. The van der Waals surface area contributed by atoms with E-state index in [0.29, 0.717) is 21.9 Å². The lowest BCUT2D eigenvalue weighted by molar-refractivity contribution is 0.675. The second-order valence-corrected chi connectivity index (χ2v) is 15.3. The van der Waals surface area contributed by atoms with Crippen molar-refractivity contribution >= 4 is 307 Å². The lowest BCUT2D eigenvalue weighted by atomic mass is 9.56. The van der Waals surface area contributed by atoms with Crippen LogP contribution in [0.1, 0.15) is 0 Å². The van der Waals surface area contributed by atoms with Crippen LogP contribution >= 0.6 is 0 Å². The van der Waals surface area contributed by atoms with Gasteiger partial charge in [0.25, 0.3) is 0 Å². The van der Waals surface area contributed by atoms with Crippen LogP contribution in [-0.4, -0.2) is 149 Å². The highest BCUT2D eigenvalue weighted by atomic mass is 16.3. The number of hydrogen-bond donors (Lipinski definition) is 0. The van der Waals surface area contributed by atoms with E-state index in [2.05, 4.69) is 0 Å². The van der Waals surface area contributed by atoms with Crippen molar-refractivity contribution in [2.45, 2.75) is 0 Å². The van der Waals surface area contributed by atoms with Gasteiger partial charge in [-0.15, -0.1) is 32.8 Å². The van der Waals surface area contributed by atoms with E-state index in [4.69, 9.17) is 153 Å². The maximum absolute atomic E-state index is 7.11. The van der Waals surface area contributed by atoms with Gasteiger partial charge in [-0.2, -0.15) is 0 Å². The summed E-state index contributed by atoms with van der Waals surface area (Å²) in [6.07, 6.45) is 0. The van der Waals surface area contributed by atoms with Crippen LogP contribution in [0.4, 0.5) is 0 Å². The molecule has 20 heteroatoms. The van der Waals surface area contributed by atoms with E-state index in [-0.39, 0.29) is 159 Å². The Kier molecular flexibility index (Phi) is 10.2. The average Bonchev–Trinajstić information content (AvgIpc) is 3.68. The summed E-state index contributed by atoms with van der Waals surface area (Å²) in [5.74, 6) is 0. The molecule has 0 N–H and O–H groups in total. The van der Waals surface area contributed by atoms with Crippen LogP contribution in [0.2, 0.25) is 0 Å². The quantitative estimate of drug-likeness (QED) is 0.130. The number of benzene rings is 8. The molecule has 9 rings (SSSR count). The van der Waals surface area contributed by atoms with Crippen molar-refractivity contribution in [1.29, 1.82) is 0 Å². The van der Waals surface area contributed by atoms with Gasteiger partial charge in [-0.25, -0.2) is 0 Å². The van der Waals surface area contributed by atoms with Crippen molar-refractivity contribution in [2.24, 2.45) is 0 Å². The van der Waals surface area contributed by atoms with E-state index in [1.807, 2.05) is 42.5 Å². The molecular formula is C42H7B19O. The Morgan fingerprint density at radius 1 is 0.242 bits per heavy atom. The van der Waals surface area contributed by atoms with Gasteiger partial charge >= 0.3 is 0 Å². The molecule has 62 heavy (non-hydrogen) atoms. The minimum atomic E-state index is -0.142. The molecule has 1 aromatic heterocycles. The monoisotopic (exact) mass is 736 g/mol. The fraction of sp³-hybridized carbons (Fsp3) is 0. The first-order valence-electron chi connectivity index (χ1n) is 18.7. The molecule has 38 radical (unpaired) electrons. The largest absolute Gasteiger partial charge is 0.457 e. The third kappa shape index (κ3) is 5.56. The minimum Gasteiger partial charge on any atom is -0.457 e. The summed E-state index contributed by atoms with van der Waals surface area (Å²) < 4.78 is 6.18. The van der Waals surface area contributed by atoms with E-state index in [1.54, 1.807) is 0 Å². The summed E-state index contributed by atoms with van der Waals surface area (Å²) in [4.78, 5) is 0. The first-order chi connectivity index (χ1) is 29.3. The molecule has 0 aliphatic rings. The zero-order valence-corrected chi connectivity index (χ0v) is 32.9. The highest BCUT2D eigenvalue weighted by molar-refractivity contribution is 6.74. The minimum absolute atomic E-state index is 0.00473. The lowest BCUT2D eigenvalue weighted by Gasteiger charge is -2.32. The number of furan rings is 1. The Bertz CT molecular complexity index is 3460. The Labute approximate surface area is 385 Å². The molecule has 0 amide bonds. The van der Waals surface area contributed by atoms with Crippen LogP contribution in [-0.2, 0) is 0 Å². The standard InChI is InChI=1S/C42H7B19O/c43-22-13-11(10-7-3-5-8-4-1-2-6-9(8)10)14-16(25(46)37(58)35(56)23(14)44)12(15(13)24(45)36(57)34(22)55)17-26(47)28(49)18(29(50)27(17)48)19-30(51)31(52)20-21-32(53)38(59)39(60)40(61)42(21)62-41(20)33(19)54/h1-7H. The number of hydrogen-bond acceptors (Lipinski definition) is 1. The molecule has 0 aliphatic carbocycles. The van der Waals surface area contributed by atoms with Gasteiger partial charge in [0.05, 0.1) is 0 Å². The highest BCUT2D eigenvalue weighted by Gasteiger charge is 2.29. The van der Waals surface area contributed by atoms with Crippen LogP contribution in [0.3, 0.4) is 0 Å². The molecule has 1 nitrogen and oxygen atoms in total. The summed E-state index contributed by atoms with van der Waals surface area (Å²) in [7, 11) is 128. The van der Waals surface area contributed by atoms with Crippen LogP contribution in [0.5, 0.6) is 0 Å². The second kappa shape index (κ2) is 14.8. The molecule has 0 bridgehead atoms. The first kappa shape index (κ1) is 42.9. The predicted octanol–water partition coefficient (Wildman–Crippen LogP) is -10.9. The number of fused-ring (bicyclic) bond motifs is 6. The Hall–Kier alpha value is -4.43. The molecule has 9 aromatic rings. The van der Waals surface area contributed by atoms with Crippen molar-refractivity contribution in [1.82, 2.24) is 0 Å². The molecule has 0 saturated heterocycles. The maximum atomic E-state index is 7.11. The predicted molar refractivity (Wildman–Crippen MR) is 285 cm³/mol. The molecule has 0 aliphatic heterocycles. The van der Waals surface area contributed by atoms with E-state index < -0.39 is 0 Å². The van der Waals surface area contributed by atoms with Crippen LogP contribution < -0.4 is 104 Å². The summed E-state index contributed by atoms with van der Waals surface area (Å²) in [6.45, 7) is 0. The van der Waals surface area contributed by atoms with E-state index in [1.165, 1.54) is 0 Å². The molecule has 8 aromatic carbocycles. The Balaban J connectivity index is 1.48. The zero-order chi connectivity index (χ0) is 44.9. The summed E-state index contributed by atoms with van der Waals surface area (Å²) in [5.41, 5.74) is 0.919. The van der Waals surface area contributed by atoms with Crippen molar-refractivity contribution in [3.05, 3.63) is 42.5 Å². The maximum Gasteiger partial charge on any atom is 0.128 e. The van der Waals surface area contributed by atoms with Gasteiger partial charge in [-0.05, 0) is 71.2 Å². The van der Waals surface area contributed by atoms with Gasteiger partial charge in [0.2, 0.25) is 0 Å². The van der Waals surface area contributed by atoms with Crippen LogP contribution in [0.25, 0.3) is 87.6 Å². The summed E-state index contributed by atoms with van der Waals surface area (Å²) >= 11 is 0. The Morgan fingerprint density at radius 2 is 0.565 bits per heavy atom. The SMILES string of the molecule is [B]c1c([B])c(-c2c3c([B])c([B])c([B])c([B])c3c(-c3cccc4ccccc34)c3c([B])c([B])c([B])c([B])c23)c([B])c([B])c1-c1c([B])c([B])c2c(oc3c([B])c([B])c([B])c([B])c32)c1[B].